The molecule has 0 spiro atoms. The number of anilines is 1. The molecule has 1 aromatic carbocycles. The van der Waals surface area contributed by atoms with Gasteiger partial charge < -0.3 is 14.5 Å². The minimum absolute atomic E-state index is 0.114. The Bertz CT molecular complexity index is 1170. The summed E-state index contributed by atoms with van der Waals surface area (Å²) < 4.78 is 35.8. The maximum Gasteiger partial charge on any atom is 0.388 e. The number of amides is 1. The van der Waals surface area contributed by atoms with E-state index in [4.69, 9.17) is 4.42 Å². The smallest absolute Gasteiger partial charge is 0.388 e. The van der Waals surface area contributed by atoms with Crippen LogP contribution in [0.4, 0.5) is 14.5 Å². The van der Waals surface area contributed by atoms with Crippen LogP contribution in [0.25, 0.3) is 0 Å². The van der Waals surface area contributed by atoms with Crippen LogP contribution in [0.3, 0.4) is 0 Å². The summed E-state index contributed by atoms with van der Waals surface area (Å²) in [5.41, 5.74) is 2.53. The van der Waals surface area contributed by atoms with Crippen LogP contribution in [0.5, 0.6) is 5.88 Å². The van der Waals surface area contributed by atoms with Crippen molar-refractivity contribution in [1.82, 2.24) is 14.9 Å². The van der Waals surface area contributed by atoms with Gasteiger partial charge in [0, 0.05) is 32.3 Å². The first-order chi connectivity index (χ1) is 16.2. The van der Waals surface area contributed by atoms with Crippen LogP contribution in [0.2, 0.25) is 0 Å². The summed E-state index contributed by atoms with van der Waals surface area (Å²) in [6, 6.07) is 11.0. The molecule has 0 saturated carbocycles. The van der Waals surface area contributed by atoms with E-state index in [9.17, 15) is 13.6 Å². The number of nitrogens with one attached hydrogen (secondary N) is 1. The number of alkyl halides is 2. The van der Waals surface area contributed by atoms with Gasteiger partial charge in [0.25, 0.3) is 0 Å². The predicted molar refractivity (Wildman–Crippen MR) is 123 cm³/mol. The zero-order valence-corrected chi connectivity index (χ0v) is 19.6. The summed E-state index contributed by atoms with van der Waals surface area (Å²) in [6.45, 7) is 5.99. The van der Waals surface area contributed by atoms with E-state index in [1.54, 1.807) is 26.2 Å². The minimum atomic E-state index is -3.05. The van der Waals surface area contributed by atoms with E-state index in [1.165, 1.54) is 6.07 Å². The molecule has 4 rings (SSSR count). The first kappa shape index (κ1) is 23.8. The van der Waals surface area contributed by atoms with Crippen LogP contribution in [0.1, 0.15) is 48.2 Å². The molecule has 1 amide bonds. The number of halogens is 2. The van der Waals surface area contributed by atoms with Gasteiger partial charge in [-0.1, -0.05) is 38.1 Å². The number of aryl methyl sites for hydroxylation is 2. The molecule has 3 aromatic rings. The van der Waals surface area contributed by atoms with Crippen LogP contribution in [0.15, 0.2) is 47.1 Å². The van der Waals surface area contributed by atoms with Gasteiger partial charge in [0.05, 0.1) is 11.1 Å². The number of benzene rings is 1. The van der Waals surface area contributed by atoms with Gasteiger partial charge in [-0.05, 0) is 36.1 Å². The fraction of sp³-hybridized carbons (Fsp3) is 0.400. The summed E-state index contributed by atoms with van der Waals surface area (Å²) in [5.74, 6) is 0.192. The van der Waals surface area contributed by atoms with Crippen molar-refractivity contribution in [3.05, 3.63) is 71.1 Å². The Labute approximate surface area is 197 Å². The largest absolute Gasteiger partial charge is 0.449 e. The fourth-order valence-corrected chi connectivity index (χ4v) is 4.46. The molecule has 2 aromatic heterocycles. The number of hydrogen-bond acceptors (Lipinski definition) is 6. The Kier molecular flexibility index (Phi) is 6.65. The molecule has 0 radical (unpaired) electrons. The predicted octanol–water partition coefficient (Wildman–Crippen LogP) is 4.80. The summed E-state index contributed by atoms with van der Waals surface area (Å²) in [7, 11) is 0. The van der Waals surface area contributed by atoms with Crippen molar-refractivity contribution >= 4 is 11.6 Å². The van der Waals surface area contributed by atoms with Crippen LogP contribution in [-0.4, -0.2) is 40.5 Å². The van der Waals surface area contributed by atoms with Gasteiger partial charge in [-0.15, -0.1) is 0 Å². The molecule has 7 nitrogen and oxygen atoms in total. The second kappa shape index (κ2) is 9.50. The Hall–Kier alpha value is -3.33. The lowest BCUT2D eigenvalue weighted by Crippen LogP contribution is -2.64. The van der Waals surface area contributed by atoms with Crippen molar-refractivity contribution in [1.29, 1.82) is 0 Å². The van der Waals surface area contributed by atoms with Crippen molar-refractivity contribution in [2.75, 3.05) is 18.4 Å². The average molecular weight is 471 g/mol. The number of likely N-dealkylation sites (tertiary alicyclic amines) is 1. The van der Waals surface area contributed by atoms with Crippen LogP contribution in [0, 0.1) is 13.8 Å². The fourth-order valence-electron chi connectivity index (χ4n) is 4.46. The van der Waals surface area contributed by atoms with Gasteiger partial charge in [-0.25, -0.2) is 9.97 Å². The number of rotatable bonds is 8. The number of carbonyl (C=O) groups is 1. The van der Waals surface area contributed by atoms with E-state index >= 15 is 0 Å². The van der Waals surface area contributed by atoms with Gasteiger partial charge in [0.15, 0.2) is 5.89 Å². The molecule has 34 heavy (non-hydrogen) atoms. The molecule has 1 aliphatic heterocycles. The summed E-state index contributed by atoms with van der Waals surface area (Å²) in [4.78, 5) is 24.3. The number of hydrogen-bond donors (Lipinski definition) is 1. The van der Waals surface area contributed by atoms with E-state index in [2.05, 4.69) is 38.8 Å². The molecule has 1 saturated heterocycles. The Balaban J connectivity index is 1.65. The number of carbonyl (C=O) groups excluding carboxylic acids is 1. The van der Waals surface area contributed by atoms with Crippen LogP contribution in [-0.2, 0) is 16.8 Å². The van der Waals surface area contributed by atoms with Gasteiger partial charge >= 0.3 is 6.61 Å². The third kappa shape index (κ3) is 4.79. The number of ether oxygens (including phenoxy) is 1. The molecular formula is C25H28F2N4O3. The number of aromatic nitrogens is 2. The molecule has 1 N–H and O–H groups in total. The molecule has 0 aliphatic carbocycles. The highest BCUT2D eigenvalue weighted by Gasteiger charge is 2.51. The van der Waals surface area contributed by atoms with E-state index < -0.39 is 12.0 Å². The molecule has 0 bridgehead atoms. The topological polar surface area (TPSA) is 80.5 Å². The maximum absolute atomic E-state index is 13.8. The van der Waals surface area contributed by atoms with E-state index in [1.807, 2.05) is 24.3 Å². The van der Waals surface area contributed by atoms with Gasteiger partial charge in [0.1, 0.15) is 12.0 Å². The summed E-state index contributed by atoms with van der Waals surface area (Å²) in [5, 5.41) is 2.82. The molecule has 3 heterocycles. The lowest BCUT2D eigenvalue weighted by molar-refractivity contribution is -0.128. The molecule has 0 atom stereocenters. The standard InChI is InChI=1S/C25H28F2N4O3/c1-15(2)19-7-5-6-8-20(19)25(13-31(14-25)11-18-12-33-17(4)29-18)23(32)30-21-10-9-16(3)28-22(21)34-24(26)27/h5-10,12,15,24H,11,13-14H2,1-4H3,(H,30,32). The molecule has 180 valence electrons. The van der Waals surface area contributed by atoms with Crippen LogP contribution < -0.4 is 10.1 Å². The maximum atomic E-state index is 13.8. The summed E-state index contributed by atoms with van der Waals surface area (Å²) >= 11 is 0. The van der Waals surface area contributed by atoms with Gasteiger partial charge in [-0.2, -0.15) is 8.78 Å². The molecular weight excluding hydrogens is 442 g/mol. The van der Waals surface area contributed by atoms with Crippen molar-refractivity contribution in [2.24, 2.45) is 0 Å². The normalized spacial score (nSPS) is 15.4. The lowest BCUT2D eigenvalue weighted by Gasteiger charge is -2.50. The first-order valence-corrected chi connectivity index (χ1v) is 11.1. The minimum Gasteiger partial charge on any atom is -0.449 e. The summed E-state index contributed by atoms with van der Waals surface area (Å²) in [6.07, 6.45) is 1.61. The third-order valence-corrected chi connectivity index (χ3v) is 6.02. The second-order valence-corrected chi connectivity index (χ2v) is 8.97. The molecule has 1 aliphatic rings. The lowest BCUT2D eigenvalue weighted by atomic mass is 9.69. The van der Waals surface area contributed by atoms with E-state index in [0.29, 0.717) is 31.2 Å². The molecule has 1 fully saturated rings. The van der Waals surface area contributed by atoms with Crippen molar-refractivity contribution < 1.29 is 22.7 Å². The van der Waals surface area contributed by atoms with E-state index in [0.717, 1.165) is 16.8 Å². The highest BCUT2D eigenvalue weighted by Crippen LogP contribution is 2.41. The molecule has 0 unspecified atom stereocenters. The number of oxazole rings is 1. The van der Waals surface area contributed by atoms with E-state index in [-0.39, 0.29) is 23.4 Å². The highest BCUT2D eigenvalue weighted by molar-refractivity contribution is 6.01. The van der Waals surface area contributed by atoms with Gasteiger partial charge in [0.2, 0.25) is 11.8 Å². The zero-order chi connectivity index (χ0) is 24.5. The quantitative estimate of drug-likeness (QED) is 0.509. The Morgan fingerprint density at radius 1 is 1.18 bits per heavy atom. The van der Waals surface area contributed by atoms with Gasteiger partial charge in [-0.3, -0.25) is 9.69 Å². The first-order valence-electron chi connectivity index (χ1n) is 11.1. The third-order valence-electron chi connectivity index (χ3n) is 6.02. The monoisotopic (exact) mass is 470 g/mol. The zero-order valence-electron chi connectivity index (χ0n) is 19.6. The van der Waals surface area contributed by atoms with Crippen LogP contribution >= 0.6 is 0 Å². The number of nitrogens with zero attached hydrogens (tertiary/aromatic N) is 3. The Morgan fingerprint density at radius 2 is 1.91 bits per heavy atom. The second-order valence-electron chi connectivity index (χ2n) is 8.97. The SMILES string of the molecule is Cc1ccc(NC(=O)C2(c3ccccc3C(C)C)CN(Cc3coc(C)n3)C2)c(OC(F)F)n1. The average Bonchev–Trinajstić information content (AvgIpc) is 3.16. The Morgan fingerprint density at radius 3 is 2.56 bits per heavy atom. The molecule has 9 heteroatoms. The van der Waals surface area contributed by atoms with Crippen molar-refractivity contribution in [2.45, 2.75) is 52.2 Å². The van der Waals surface area contributed by atoms with Crippen molar-refractivity contribution in [3.63, 3.8) is 0 Å². The highest BCUT2D eigenvalue weighted by atomic mass is 19.3. The van der Waals surface area contributed by atoms with Crippen molar-refractivity contribution in [3.8, 4) is 5.88 Å². The number of pyridine rings is 1.